The summed E-state index contributed by atoms with van der Waals surface area (Å²) in [6.45, 7) is 0.297. The highest BCUT2D eigenvalue weighted by atomic mass is 16.3. The fourth-order valence-electron chi connectivity index (χ4n) is 2.21. The summed E-state index contributed by atoms with van der Waals surface area (Å²) in [5.74, 6) is 0.295. The van der Waals surface area contributed by atoms with Gasteiger partial charge in [0.25, 0.3) is 5.91 Å². The van der Waals surface area contributed by atoms with E-state index in [1.54, 1.807) is 19.2 Å². The molecule has 0 aliphatic carbocycles. The highest BCUT2D eigenvalue weighted by Gasteiger charge is 2.17. The van der Waals surface area contributed by atoms with Crippen LogP contribution >= 0.6 is 0 Å². The van der Waals surface area contributed by atoms with Gasteiger partial charge in [0.2, 0.25) is 0 Å². The predicted molar refractivity (Wildman–Crippen MR) is 77.8 cm³/mol. The van der Waals surface area contributed by atoms with E-state index >= 15 is 0 Å². The quantitative estimate of drug-likeness (QED) is 0.769. The topological polar surface area (TPSA) is 82.1 Å². The van der Waals surface area contributed by atoms with Crippen molar-refractivity contribution in [1.82, 2.24) is 20.1 Å². The number of fused-ring (bicyclic) bond motifs is 1. The van der Waals surface area contributed by atoms with Crippen molar-refractivity contribution in [1.29, 1.82) is 0 Å². The van der Waals surface area contributed by atoms with Gasteiger partial charge in [0.15, 0.2) is 0 Å². The molecule has 1 heterocycles. The van der Waals surface area contributed by atoms with Crippen molar-refractivity contribution in [2.24, 2.45) is 0 Å². The number of nitrogens with one attached hydrogen (secondary N) is 1. The summed E-state index contributed by atoms with van der Waals surface area (Å²) in [7, 11) is 1.65. The Kier molecular flexibility index (Phi) is 3.27. The van der Waals surface area contributed by atoms with Crippen molar-refractivity contribution in [3.8, 4) is 5.75 Å². The van der Waals surface area contributed by atoms with Crippen molar-refractivity contribution in [3.63, 3.8) is 0 Å². The van der Waals surface area contributed by atoms with E-state index in [4.69, 9.17) is 0 Å². The molecule has 0 radical (unpaired) electrons. The Balaban J connectivity index is 1.91. The second-order valence-electron chi connectivity index (χ2n) is 4.81. The van der Waals surface area contributed by atoms with Crippen LogP contribution in [0.5, 0.6) is 5.75 Å². The lowest BCUT2D eigenvalue weighted by atomic mass is 10.1. The Morgan fingerprint density at radius 2 is 2.00 bits per heavy atom. The zero-order valence-electron chi connectivity index (χ0n) is 11.4. The van der Waals surface area contributed by atoms with Crippen LogP contribution in [0.4, 0.5) is 0 Å². The van der Waals surface area contributed by atoms with Gasteiger partial charge in [0, 0.05) is 7.05 Å². The molecule has 0 unspecified atom stereocenters. The van der Waals surface area contributed by atoms with E-state index in [1.807, 2.05) is 24.3 Å². The molecule has 0 saturated carbocycles. The zero-order chi connectivity index (χ0) is 14.8. The van der Waals surface area contributed by atoms with Crippen LogP contribution in [0.2, 0.25) is 0 Å². The standard InChI is InChI=1S/C15H14N4O2/c1-19(8-14-16-9-17-18-14)15(21)12-6-10-4-2-3-5-11(10)7-13(12)20/h2-7,9,20H,8H2,1H3,(H,16,17,18). The van der Waals surface area contributed by atoms with Gasteiger partial charge >= 0.3 is 0 Å². The Bertz CT molecular complexity index is 783. The molecule has 1 aromatic heterocycles. The Labute approximate surface area is 121 Å². The zero-order valence-corrected chi connectivity index (χ0v) is 11.4. The first-order chi connectivity index (χ1) is 10.1. The number of H-pyrrole nitrogens is 1. The van der Waals surface area contributed by atoms with Crippen molar-refractivity contribution in [2.45, 2.75) is 6.54 Å². The van der Waals surface area contributed by atoms with Crippen LogP contribution in [-0.2, 0) is 6.54 Å². The molecule has 0 aliphatic heterocycles. The first kappa shape index (κ1) is 13.1. The molecule has 6 heteroatoms. The van der Waals surface area contributed by atoms with Crippen LogP contribution < -0.4 is 0 Å². The molecule has 106 valence electrons. The Hall–Kier alpha value is -2.89. The monoisotopic (exact) mass is 282 g/mol. The van der Waals surface area contributed by atoms with E-state index in [9.17, 15) is 9.90 Å². The summed E-state index contributed by atoms with van der Waals surface area (Å²) >= 11 is 0. The van der Waals surface area contributed by atoms with Gasteiger partial charge in [-0.1, -0.05) is 24.3 Å². The van der Waals surface area contributed by atoms with Gasteiger partial charge < -0.3 is 10.0 Å². The maximum absolute atomic E-state index is 12.4. The molecule has 0 aliphatic rings. The summed E-state index contributed by atoms with van der Waals surface area (Å²) in [6.07, 6.45) is 1.39. The molecule has 6 nitrogen and oxygen atoms in total. The second kappa shape index (κ2) is 5.24. The van der Waals surface area contributed by atoms with Crippen LogP contribution in [0.1, 0.15) is 16.2 Å². The third kappa shape index (κ3) is 2.55. The van der Waals surface area contributed by atoms with Crippen molar-refractivity contribution in [3.05, 3.63) is 54.1 Å². The minimum absolute atomic E-state index is 0.0249. The number of carbonyl (C=O) groups is 1. The van der Waals surface area contributed by atoms with Gasteiger partial charge in [-0.05, 0) is 22.9 Å². The predicted octanol–water partition coefficient (Wildman–Crippen LogP) is 1.94. The first-order valence-corrected chi connectivity index (χ1v) is 6.46. The van der Waals surface area contributed by atoms with Gasteiger partial charge in [0.1, 0.15) is 17.9 Å². The van der Waals surface area contributed by atoms with E-state index in [2.05, 4.69) is 15.2 Å². The third-order valence-corrected chi connectivity index (χ3v) is 3.29. The number of hydrogen-bond donors (Lipinski definition) is 2. The van der Waals surface area contributed by atoms with Crippen LogP contribution in [0, 0.1) is 0 Å². The number of carbonyl (C=O) groups excluding carboxylic acids is 1. The van der Waals surface area contributed by atoms with Crippen LogP contribution in [0.15, 0.2) is 42.7 Å². The maximum atomic E-state index is 12.4. The number of phenolic OH excluding ortho intramolecular Hbond substituents is 1. The van der Waals surface area contributed by atoms with Crippen molar-refractivity contribution < 1.29 is 9.90 Å². The van der Waals surface area contributed by atoms with E-state index in [-0.39, 0.29) is 17.2 Å². The van der Waals surface area contributed by atoms with Crippen LogP contribution in [-0.4, -0.2) is 38.1 Å². The molecule has 0 bridgehead atoms. The molecule has 2 N–H and O–H groups in total. The second-order valence-corrected chi connectivity index (χ2v) is 4.81. The molecular weight excluding hydrogens is 268 g/mol. The van der Waals surface area contributed by atoms with Gasteiger partial charge in [-0.25, -0.2) is 4.98 Å². The molecule has 3 rings (SSSR count). The molecule has 0 saturated heterocycles. The lowest BCUT2D eigenvalue weighted by Gasteiger charge is -2.16. The van der Waals surface area contributed by atoms with E-state index in [0.29, 0.717) is 12.4 Å². The van der Waals surface area contributed by atoms with Gasteiger partial charge in [0.05, 0.1) is 12.1 Å². The largest absolute Gasteiger partial charge is 0.507 e. The number of hydrogen-bond acceptors (Lipinski definition) is 4. The van der Waals surface area contributed by atoms with Gasteiger partial charge in [-0.3, -0.25) is 9.89 Å². The minimum Gasteiger partial charge on any atom is -0.507 e. The van der Waals surface area contributed by atoms with Gasteiger partial charge in [-0.15, -0.1) is 0 Å². The average Bonchev–Trinajstić information content (AvgIpc) is 2.98. The molecular formula is C15H14N4O2. The number of benzene rings is 2. The molecule has 0 spiro atoms. The van der Waals surface area contributed by atoms with E-state index in [0.717, 1.165) is 10.8 Å². The molecule has 0 atom stereocenters. The fraction of sp³-hybridized carbons (Fsp3) is 0.133. The summed E-state index contributed by atoms with van der Waals surface area (Å²) in [5, 5.41) is 18.3. The fourth-order valence-corrected chi connectivity index (χ4v) is 2.21. The maximum Gasteiger partial charge on any atom is 0.257 e. The van der Waals surface area contributed by atoms with Crippen molar-refractivity contribution >= 4 is 16.7 Å². The summed E-state index contributed by atoms with van der Waals surface area (Å²) < 4.78 is 0. The lowest BCUT2D eigenvalue weighted by Crippen LogP contribution is -2.26. The first-order valence-electron chi connectivity index (χ1n) is 6.46. The Morgan fingerprint density at radius 1 is 1.29 bits per heavy atom. The summed E-state index contributed by atoms with van der Waals surface area (Å²) in [6, 6.07) is 10.9. The number of phenols is 1. The minimum atomic E-state index is -0.269. The van der Waals surface area contributed by atoms with Gasteiger partial charge in [-0.2, -0.15) is 5.10 Å². The van der Waals surface area contributed by atoms with E-state index < -0.39 is 0 Å². The normalized spacial score (nSPS) is 10.7. The Morgan fingerprint density at radius 3 is 2.67 bits per heavy atom. The number of aromatic amines is 1. The lowest BCUT2D eigenvalue weighted by molar-refractivity contribution is 0.0779. The third-order valence-electron chi connectivity index (χ3n) is 3.29. The highest BCUT2D eigenvalue weighted by Crippen LogP contribution is 2.26. The number of rotatable bonds is 3. The average molecular weight is 282 g/mol. The summed E-state index contributed by atoms with van der Waals surface area (Å²) in [5.41, 5.74) is 0.274. The molecule has 0 fully saturated rings. The molecule has 21 heavy (non-hydrogen) atoms. The molecule has 3 aromatic rings. The van der Waals surface area contributed by atoms with Crippen molar-refractivity contribution in [2.75, 3.05) is 7.05 Å². The molecule has 1 amide bonds. The smallest absolute Gasteiger partial charge is 0.257 e. The van der Waals surface area contributed by atoms with Crippen LogP contribution in [0.3, 0.4) is 0 Å². The summed E-state index contributed by atoms with van der Waals surface area (Å²) in [4.78, 5) is 17.9. The highest BCUT2D eigenvalue weighted by molar-refractivity contribution is 6.01. The van der Waals surface area contributed by atoms with Crippen LogP contribution in [0.25, 0.3) is 10.8 Å². The number of amides is 1. The van der Waals surface area contributed by atoms with E-state index in [1.165, 1.54) is 11.2 Å². The number of aromatic hydroxyl groups is 1. The SMILES string of the molecule is CN(Cc1ncn[nH]1)C(=O)c1cc2ccccc2cc1O. The number of aromatic nitrogens is 3. The number of nitrogens with zero attached hydrogens (tertiary/aromatic N) is 3. The molecule has 2 aromatic carbocycles.